The lowest BCUT2D eigenvalue weighted by atomic mass is 9.92. The second-order valence-electron chi connectivity index (χ2n) is 5.99. The lowest BCUT2D eigenvalue weighted by Crippen LogP contribution is -2.42. The van der Waals surface area contributed by atoms with E-state index in [0.29, 0.717) is 18.8 Å². The minimum atomic E-state index is -4.27. The molecule has 1 atom stereocenters. The molecule has 1 heterocycles. The monoisotopic (exact) mass is 330 g/mol. The van der Waals surface area contributed by atoms with Crippen molar-refractivity contribution in [1.29, 1.82) is 0 Å². The number of rotatable bonds is 3. The Labute approximate surface area is 133 Å². The standard InChI is InChI=1S/C16H21F3N2O2/c1-11(22)13-5-7-21(8-6-13)15(23)20-14-4-2-3-12(9-14)10-16(17,18)19/h2-4,9,11,13,22H,5-8,10H2,1H3,(H,20,23). The summed E-state index contributed by atoms with van der Waals surface area (Å²) < 4.78 is 37.2. The minimum Gasteiger partial charge on any atom is -0.393 e. The number of amides is 2. The van der Waals surface area contributed by atoms with Crippen LogP contribution in [0.15, 0.2) is 24.3 Å². The van der Waals surface area contributed by atoms with E-state index in [1.165, 1.54) is 18.2 Å². The molecule has 1 aromatic carbocycles. The summed E-state index contributed by atoms with van der Waals surface area (Å²) in [6, 6.07) is 5.47. The zero-order chi connectivity index (χ0) is 17.0. The highest BCUT2D eigenvalue weighted by atomic mass is 19.4. The average molecular weight is 330 g/mol. The number of carbonyl (C=O) groups is 1. The number of piperidine rings is 1. The summed E-state index contributed by atoms with van der Waals surface area (Å²) in [7, 11) is 0. The van der Waals surface area contributed by atoms with Gasteiger partial charge < -0.3 is 15.3 Å². The van der Waals surface area contributed by atoms with Crippen molar-refractivity contribution in [3.05, 3.63) is 29.8 Å². The molecule has 1 aliphatic rings. The Morgan fingerprint density at radius 3 is 2.61 bits per heavy atom. The van der Waals surface area contributed by atoms with Crippen LogP contribution >= 0.6 is 0 Å². The van der Waals surface area contributed by atoms with Crippen molar-refractivity contribution in [2.75, 3.05) is 18.4 Å². The minimum absolute atomic E-state index is 0.114. The fourth-order valence-corrected chi connectivity index (χ4v) is 2.78. The molecule has 0 bridgehead atoms. The second kappa shape index (κ2) is 7.21. The number of aliphatic hydroxyl groups excluding tert-OH is 1. The SMILES string of the molecule is CC(O)C1CCN(C(=O)Nc2cccc(CC(F)(F)F)c2)CC1. The van der Waals surface area contributed by atoms with Crippen LogP contribution in [0.5, 0.6) is 0 Å². The maximum absolute atomic E-state index is 12.4. The molecule has 0 spiro atoms. The van der Waals surface area contributed by atoms with Crippen molar-refractivity contribution in [3.63, 3.8) is 0 Å². The topological polar surface area (TPSA) is 52.6 Å². The van der Waals surface area contributed by atoms with E-state index in [9.17, 15) is 23.1 Å². The molecule has 7 heteroatoms. The average Bonchev–Trinajstić information content (AvgIpc) is 2.46. The van der Waals surface area contributed by atoms with Crippen LogP contribution < -0.4 is 5.32 Å². The lowest BCUT2D eigenvalue weighted by molar-refractivity contribution is -0.127. The van der Waals surface area contributed by atoms with E-state index in [1.54, 1.807) is 17.9 Å². The summed E-state index contributed by atoms with van der Waals surface area (Å²) in [5.74, 6) is 0.189. The van der Waals surface area contributed by atoms with E-state index in [-0.39, 0.29) is 23.6 Å². The van der Waals surface area contributed by atoms with Gasteiger partial charge in [0.05, 0.1) is 12.5 Å². The molecule has 2 amide bonds. The predicted octanol–water partition coefficient (Wildman–Crippen LogP) is 3.42. The Balaban J connectivity index is 1.92. The van der Waals surface area contributed by atoms with Gasteiger partial charge in [0.15, 0.2) is 0 Å². The highest BCUT2D eigenvalue weighted by molar-refractivity contribution is 5.89. The molecule has 23 heavy (non-hydrogen) atoms. The van der Waals surface area contributed by atoms with Crippen LogP contribution in [0.1, 0.15) is 25.3 Å². The molecule has 4 nitrogen and oxygen atoms in total. The van der Waals surface area contributed by atoms with Crippen molar-refractivity contribution in [2.45, 2.75) is 38.5 Å². The zero-order valence-electron chi connectivity index (χ0n) is 12.9. The number of anilines is 1. The van der Waals surface area contributed by atoms with E-state index in [0.717, 1.165) is 12.8 Å². The van der Waals surface area contributed by atoms with Crippen LogP contribution in [0, 0.1) is 5.92 Å². The number of carbonyl (C=O) groups excluding carboxylic acids is 1. The van der Waals surface area contributed by atoms with Gasteiger partial charge in [-0.1, -0.05) is 12.1 Å². The number of nitrogens with one attached hydrogen (secondary N) is 1. The van der Waals surface area contributed by atoms with Crippen LogP contribution in [0.2, 0.25) is 0 Å². The van der Waals surface area contributed by atoms with E-state index in [2.05, 4.69) is 5.32 Å². The van der Waals surface area contributed by atoms with E-state index in [1.807, 2.05) is 0 Å². The van der Waals surface area contributed by atoms with Gasteiger partial charge in [0.25, 0.3) is 0 Å². The van der Waals surface area contributed by atoms with E-state index >= 15 is 0 Å². The van der Waals surface area contributed by atoms with Gasteiger partial charge in [-0.25, -0.2) is 4.79 Å². The molecule has 0 saturated carbocycles. The number of halogens is 3. The molecule has 0 aliphatic carbocycles. The van der Waals surface area contributed by atoms with Crippen molar-refractivity contribution in [1.82, 2.24) is 4.90 Å². The zero-order valence-corrected chi connectivity index (χ0v) is 12.9. The molecule has 1 aromatic rings. The largest absolute Gasteiger partial charge is 0.393 e. The van der Waals surface area contributed by atoms with Gasteiger partial charge in [-0.15, -0.1) is 0 Å². The van der Waals surface area contributed by atoms with E-state index in [4.69, 9.17) is 0 Å². The van der Waals surface area contributed by atoms with Crippen LogP contribution in [-0.4, -0.2) is 41.4 Å². The first-order valence-corrected chi connectivity index (χ1v) is 7.64. The molecule has 128 valence electrons. The Kier molecular flexibility index (Phi) is 5.51. The number of hydrogen-bond acceptors (Lipinski definition) is 2. The van der Waals surface area contributed by atoms with Crippen LogP contribution in [-0.2, 0) is 6.42 Å². The van der Waals surface area contributed by atoms with Gasteiger partial charge in [-0.05, 0) is 43.4 Å². The molecule has 1 unspecified atom stereocenters. The van der Waals surface area contributed by atoms with Crippen molar-refractivity contribution < 1.29 is 23.1 Å². The molecule has 2 N–H and O–H groups in total. The maximum atomic E-state index is 12.4. The quantitative estimate of drug-likeness (QED) is 0.892. The van der Waals surface area contributed by atoms with Crippen LogP contribution in [0.3, 0.4) is 0 Å². The predicted molar refractivity (Wildman–Crippen MR) is 81.2 cm³/mol. The molecule has 0 aromatic heterocycles. The fourth-order valence-electron chi connectivity index (χ4n) is 2.78. The van der Waals surface area contributed by atoms with Gasteiger partial charge >= 0.3 is 12.2 Å². The summed E-state index contributed by atoms with van der Waals surface area (Å²) >= 11 is 0. The maximum Gasteiger partial charge on any atom is 0.393 e. The van der Waals surface area contributed by atoms with Gasteiger partial charge in [-0.2, -0.15) is 13.2 Å². The molecule has 1 aliphatic heterocycles. The number of likely N-dealkylation sites (tertiary alicyclic amines) is 1. The Morgan fingerprint density at radius 2 is 2.04 bits per heavy atom. The Hall–Kier alpha value is -1.76. The summed E-state index contributed by atoms with van der Waals surface area (Å²) in [5, 5.41) is 12.2. The molecular weight excluding hydrogens is 309 g/mol. The first kappa shape index (κ1) is 17.6. The number of benzene rings is 1. The molecular formula is C16H21F3N2O2. The summed E-state index contributed by atoms with van der Waals surface area (Å²) in [4.78, 5) is 13.8. The van der Waals surface area contributed by atoms with Crippen molar-refractivity contribution in [2.24, 2.45) is 5.92 Å². The second-order valence-corrected chi connectivity index (χ2v) is 5.99. The molecule has 1 saturated heterocycles. The van der Waals surface area contributed by atoms with Crippen LogP contribution in [0.25, 0.3) is 0 Å². The van der Waals surface area contributed by atoms with E-state index < -0.39 is 12.6 Å². The van der Waals surface area contributed by atoms with Crippen molar-refractivity contribution >= 4 is 11.7 Å². The lowest BCUT2D eigenvalue weighted by Gasteiger charge is -2.33. The highest BCUT2D eigenvalue weighted by Gasteiger charge is 2.28. The summed E-state index contributed by atoms with van der Waals surface area (Å²) in [6.07, 6.45) is -4.24. The summed E-state index contributed by atoms with van der Waals surface area (Å²) in [5.41, 5.74) is 0.470. The Bertz CT molecular complexity index is 538. The molecule has 1 fully saturated rings. The fraction of sp³-hybridized carbons (Fsp3) is 0.562. The molecule has 2 rings (SSSR count). The third-order valence-corrected chi connectivity index (χ3v) is 4.09. The first-order valence-electron chi connectivity index (χ1n) is 7.64. The normalized spacial score (nSPS) is 17.9. The third-order valence-electron chi connectivity index (χ3n) is 4.09. The third kappa shape index (κ3) is 5.42. The van der Waals surface area contributed by atoms with Gasteiger partial charge in [0.2, 0.25) is 0 Å². The van der Waals surface area contributed by atoms with Gasteiger partial charge in [0.1, 0.15) is 0 Å². The number of hydrogen-bond donors (Lipinski definition) is 2. The smallest absolute Gasteiger partial charge is 0.393 e. The van der Waals surface area contributed by atoms with Crippen molar-refractivity contribution in [3.8, 4) is 0 Å². The Morgan fingerprint density at radius 1 is 1.39 bits per heavy atom. The number of alkyl halides is 3. The first-order chi connectivity index (χ1) is 10.7. The number of aliphatic hydroxyl groups is 1. The van der Waals surface area contributed by atoms with Crippen LogP contribution in [0.4, 0.5) is 23.7 Å². The highest BCUT2D eigenvalue weighted by Crippen LogP contribution is 2.24. The van der Waals surface area contributed by atoms with Gasteiger partial charge in [-0.3, -0.25) is 0 Å². The number of nitrogens with zero attached hydrogens (tertiary/aromatic N) is 1. The summed E-state index contributed by atoms with van der Waals surface area (Å²) in [6.45, 7) is 2.81. The molecule has 0 radical (unpaired) electrons. The van der Waals surface area contributed by atoms with Gasteiger partial charge in [0, 0.05) is 18.8 Å². The number of urea groups is 1.